The highest BCUT2D eigenvalue weighted by atomic mass is 79.9. The SMILES string of the molecule is Cc1cc(Br)ccc1-c1ccc(Br)cc1Cc1ccccc1. The van der Waals surface area contributed by atoms with Gasteiger partial charge in [-0.25, -0.2) is 0 Å². The van der Waals surface area contributed by atoms with Crippen LogP contribution in [0.5, 0.6) is 0 Å². The standard InChI is InChI=1S/C20H16Br2/c1-14-11-17(21)7-9-19(14)20-10-8-18(22)13-16(20)12-15-5-3-2-4-6-15/h2-11,13H,12H2,1H3. The minimum atomic E-state index is 0.936. The predicted molar refractivity (Wildman–Crippen MR) is 101 cm³/mol. The predicted octanol–water partition coefficient (Wildman–Crippen LogP) is 6.78. The van der Waals surface area contributed by atoms with Crippen molar-refractivity contribution in [1.29, 1.82) is 0 Å². The van der Waals surface area contributed by atoms with Crippen molar-refractivity contribution in [2.24, 2.45) is 0 Å². The third-order valence-electron chi connectivity index (χ3n) is 3.78. The zero-order chi connectivity index (χ0) is 15.5. The Hall–Kier alpha value is -1.38. The molecular weight excluding hydrogens is 400 g/mol. The summed E-state index contributed by atoms with van der Waals surface area (Å²) in [5.74, 6) is 0. The van der Waals surface area contributed by atoms with E-state index in [1.54, 1.807) is 0 Å². The van der Waals surface area contributed by atoms with E-state index in [0.717, 1.165) is 15.4 Å². The van der Waals surface area contributed by atoms with Crippen molar-refractivity contribution in [3.8, 4) is 11.1 Å². The lowest BCUT2D eigenvalue weighted by atomic mass is 9.93. The highest BCUT2D eigenvalue weighted by Crippen LogP contribution is 2.32. The van der Waals surface area contributed by atoms with Gasteiger partial charge in [0.25, 0.3) is 0 Å². The number of hydrogen-bond donors (Lipinski definition) is 0. The van der Waals surface area contributed by atoms with Gasteiger partial charge in [0, 0.05) is 8.95 Å². The molecule has 2 heteroatoms. The van der Waals surface area contributed by atoms with E-state index in [4.69, 9.17) is 0 Å². The largest absolute Gasteiger partial charge is 0.0622 e. The van der Waals surface area contributed by atoms with Gasteiger partial charge in [-0.15, -0.1) is 0 Å². The molecule has 0 unspecified atom stereocenters. The Morgan fingerprint density at radius 3 is 2.05 bits per heavy atom. The second-order valence-corrected chi connectivity index (χ2v) is 7.25. The fourth-order valence-corrected chi connectivity index (χ4v) is 3.60. The molecule has 0 radical (unpaired) electrons. The fourth-order valence-electron chi connectivity index (χ4n) is 2.72. The number of halogens is 2. The summed E-state index contributed by atoms with van der Waals surface area (Å²) in [5.41, 5.74) is 6.55. The average Bonchev–Trinajstić information content (AvgIpc) is 2.49. The average molecular weight is 416 g/mol. The van der Waals surface area contributed by atoms with Crippen LogP contribution >= 0.6 is 31.9 Å². The van der Waals surface area contributed by atoms with Gasteiger partial charge in [-0.2, -0.15) is 0 Å². The first kappa shape index (κ1) is 15.5. The van der Waals surface area contributed by atoms with Gasteiger partial charge in [0.2, 0.25) is 0 Å². The molecule has 0 bridgehead atoms. The van der Waals surface area contributed by atoms with E-state index in [1.165, 1.54) is 27.8 Å². The van der Waals surface area contributed by atoms with Crippen LogP contribution in [0, 0.1) is 6.92 Å². The lowest BCUT2D eigenvalue weighted by molar-refractivity contribution is 1.19. The number of rotatable bonds is 3. The number of aryl methyl sites for hydroxylation is 1. The first-order valence-corrected chi connectivity index (χ1v) is 8.81. The smallest absolute Gasteiger partial charge is 0.0178 e. The first-order valence-electron chi connectivity index (χ1n) is 7.22. The molecule has 0 aliphatic heterocycles. The van der Waals surface area contributed by atoms with Gasteiger partial charge in [0.1, 0.15) is 0 Å². The van der Waals surface area contributed by atoms with Crippen molar-refractivity contribution in [3.05, 3.63) is 92.4 Å². The van der Waals surface area contributed by atoms with Crippen molar-refractivity contribution in [2.45, 2.75) is 13.3 Å². The maximum absolute atomic E-state index is 3.60. The monoisotopic (exact) mass is 414 g/mol. The van der Waals surface area contributed by atoms with Crippen LogP contribution in [0.1, 0.15) is 16.7 Å². The normalized spacial score (nSPS) is 10.7. The molecule has 0 saturated heterocycles. The molecule has 0 aliphatic rings. The Bertz CT molecular complexity index is 792. The molecule has 0 spiro atoms. The molecule has 0 aliphatic carbocycles. The van der Waals surface area contributed by atoms with E-state index in [9.17, 15) is 0 Å². The number of hydrogen-bond acceptors (Lipinski definition) is 0. The highest BCUT2D eigenvalue weighted by Gasteiger charge is 2.09. The third-order valence-corrected chi connectivity index (χ3v) is 4.77. The minimum Gasteiger partial charge on any atom is -0.0622 e. The molecule has 0 nitrogen and oxygen atoms in total. The van der Waals surface area contributed by atoms with E-state index in [0.29, 0.717) is 0 Å². The second kappa shape index (κ2) is 6.80. The molecule has 0 saturated carbocycles. The van der Waals surface area contributed by atoms with E-state index < -0.39 is 0 Å². The number of benzene rings is 3. The highest BCUT2D eigenvalue weighted by molar-refractivity contribution is 9.10. The molecule has 0 amide bonds. The topological polar surface area (TPSA) is 0 Å². The Kier molecular flexibility index (Phi) is 4.80. The van der Waals surface area contributed by atoms with Crippen molar-refractivity contribution >= 4 is 31.9 Å². The van der Waals surface area contributed by atoms with Crippen molar-refractivity contribution < 1.29 is 0 Å². The molecule has 0 fully saturated rings. The Morgan fingerprint density at radius 2 is 1.36 bits per heavy atom. The van der Waals surface area contributed by atoms with Crippen molar-refractivity contribution in [2.75, 3.05) is 0 Å². The van der Waals surface area contributed by atoms with Crippen LogP contribution < -0.4 is 0 Å². The van der Waals surface area contributed by atoms with Gasteiger partial charge >= 0.3 is 0 Å². The van der Waals surface area contributed by atoms with E-state index in [1.807, 2.05) is 0 Å². The molecule has 0 aromatic heterocycles. The first-order chi connectivity index (χ1) is 10.6. The van der Waals surface area contributed by atoms with E-state index in [2.05, 4.69) is 106 Å². The van der Waals surface area contributed by atoms with Gasteiger partial charge in [-0.1, -0.05) is 74.3 Å². The summed E-state index contributed by atoms with van der Waals surface area (Å²) in [6, 6.07) is 23.6. The Labute approximate surface area is 148 Å². The van der Waals surface area contributed by atoms with Crippen LogP contribution in [0.4, 0.5) is 0 Å². The molecule has 3 aromatic carbocycles. The lowest BCUT2D eigenvalue weighted by Crippen LogP contribution is -1.94. The van der Waals surface area contributed by atoms with Crippen LogP contribution in [-0.2, 0) is 6.42 Å². The summed E-state index contributed by atoms with van der Waals surface area (Å²) in [6.07, 6.45) is 0.936. The second-order valence-electron chi connectivity index (χ2n) is 5.42. The van der Waals surface area contributed by atoms with E-state index >= 15 is 0 Å². The zero-order valence-electron chi connectivity index (χ0n) is 12.3. The quantitative estimate of drug-likeness (QED) is 0.442. The van der Waals surface area contributed by atoms with Gasteiger partial charge < -0.3 is 0 Å². The maximum atomic E-state index is 3.60. The summed E-state index contributed by atoms with van der Waals surface area (Å²) >= 11 is 7.15. The molecule has 0 heterocycles. The molecular formula is C20H16Br2. The van der Waals surface area contributed by atoms with Crippen LogP contribution in [0.25, 0.3) is 11.1 Å². The Morgan fingerprint density at radius 1 is 0.727 bits per heavy atom. The minimum absolute atomic E-state index is 0.936. The van der Waals surface area contributed by atoms with Crippen molar-refractivity contribution in [1.82, 2.24) is 0 Å². The van der Waals surface area contributed by atoms with Gasteiger partial charge in [-0.3, -0.25) is 0 Å². The van der Waals surface area contributed by atoms with Crippen LogP contribution in [0.3, 0.4) is 0 Å². The van der Waals surface area contributed by atoms with Crippen molar-refractivity contribution in [3.63, 3.8) is 0 Å². The van der Waals surface area contributed by atoms with Crippen LogP contribution in [-0.4, -0.2) is 0 Å². The Balaban J connectivity index is 2.08. The molecule has 0 atom stereocenters. The summed E-state index contributed by atoms with van der Waals surface area (Å²) in [6.45, 7) is 2.16. The molecule has 22 heavy (non-hydrogen) atoms. The van der Waals surface area contributed by atoms with Gasteiger partial charge in [-0.05, 0) is 65.4 Å². The molecule has 110 valence electrons. The summed E-state index contributed by atoms with van der Waals surface area (Å²) in [4.78, 5) is 0. The zero-order valence-corrected chi connectivity index (χ0v) is 15.5. The molecule has 0 N–H and O–H groups in total. The molecule has 3 aromatic rings. The molecule has 3 rings (SSSR count). The fraction of sp³-hybridized carbons (Fsp3) is 0.100. The summed E-state index contributed by atoms with van der Waals surface area (Å²) in [5, 5.41) is 0. The van der Waals surface area contributed by atoms with Crippen LogP contribution in [0.15, 0.2) is 75.7 Å². The van der Waals surface area contributed by atoms with Gasteiger partial charge in [0.15, 0.2) is 0 Å². The van der Waals surface area contributed by atoms with E-state index in [-0.39, 0.29) is 0 Å². The summed E-state index contributed by atoms with van der Waals surface area (Å²) in [7, 11) is 0. The van der Waals surface area contributed by atoms with Crippen LogP contribution in [0.2, 0.25) is 0 Å². The third kappa shape index (κ3) is 3.50. The lowest BCUT2D eigenvalue weighted by Gasteiger charge is -2.13. The summed E-state index contributed by atoms with van der Waals surface area (Å²) < 4.78 is 2.24. The van der Waals surface area contributed by atoms with Gasteiger partial charge in [0.05, 0.1) is 0 Å². The maximum Gasteiger partial charge on any atom is 0.0178 e.